The average Bonchev–Trinajstić information content (AvgIpc) is 2.14. The second-order valence-corrected chi connectivity index (χ2v) is 3.59. The van der Waals surface area contributed by atoms with E-state index in [0.717, 1.165) is 0 Å². The summed E-state index contributed by atoms with van der Waals surface area (Å²) in [4.78, 5) is 32.9. The Morgan fingerprint density at radius 2 is 2.29 bits per heavy atom. The molecule has 2 atom stereocenters. The van der Waals surface area contributed by atoms with E-state index in [-0.39, 0.29) is 19.4 Å². The van der Waals surface area contributed by atoms with Gasteiger partial charge in [-0.3, -0.25) is 14.4 Å². The van der Waals surface area contributed by atoms with Crippen LogP contribution in [-0.4, -0.2) is 35.1 Å². The topological polar surface area (TPSA) is 92.7 Å². The van der Waals surface area contributed by atoms with Gasteiger partial charge < -0.3 is 15.2 Å². The molecule has 1 amide bonds. The molecule has 1 spiro atoms. The minimum Gasteiger partial charge on any atom is -0.481 e. The minimum absolute atomic E-state index is 0.0832. The van der Waals surface area contributed by atoms with Gasteiger partial charge in [0, 0.05) is 6.42 Å². The minimum atomic E-state index is -1.20. The van der Waals surface area contributed by atoms with Crippen molar-refractivity contribution >= 4 is 17.8 Å². The van der Waals surface area contributed by atoms with E-state index in [1.807, 2.05) is 0 Å². The van der Waals surface area contributed by atoms with Crippen LogP contribution in [0.3, 0.4) is 0 Å². The first-order valence-electron chi connectivity index (χ1n) is 4.26. The van der Waals surface area contributed by atoms with E-state index in [2.05, 4.69) is 5.32 Å². The lowest BCUT2D eigenvalue weighted by atomic mass is 9.81. The summed E-state index contributed by atoms with van der Waals surface area (Å²) >= 11 is 0. The molecule has 2 heterocycles. The number of carbonyl (C=O) groups excluding carboxylic acids is 2. The summed E-state index contributed by atoms with van der Waals surface area (Å²) in [5, 5.41) is 11.2. The Balaban J connectivity index is 2.18. The molecule has 0 unspecified atom stereocenters. The molecule has 0 radical (unpaired) electrons. The van der Waals surface area contributed by atoms with Crippen LogP contribution in [0.5, 0.6) is 0 Å². The number of carboxylic acids is 1. The highest BCUT2D eigenvalue weighted by Crippen LogP contribution is 2.33. The lowest BCUT2D eigenvalue weighted by molar-refractivity contribution is -0.191. The molecule has 2 rings (SSSR count). The van der Waals surface area contributed by atoms with Crippen LogP contribution in [0.15, 0.2) is 0 Å². The van der Waals surface area contributed by atoms with Crippen molar-refractivity contribution in [2.45, 2.75) is 18.4 Å². The maximum Gasteiger partial charge on any atom is 0.307 e. The van der Waals surface area contributed by atoms with Gasteiger partial charge in [-0.05, 0) is 0 Å². The number of rotatable bonds is 1. The van der Waals surface area contributed by atoms with Gasteiger partial charge in [0.1, 0.15) is 0 Å². The van der Waals surface area contributed by atoms with E-state index in [9.17, 15) is 14.4 Å². The van der Waals surface area contributed by atoms with Crippen molar-refractivity contribution in [3.8, 4) is 0 Å². The predicted molar refractivity (Wildman–Crippen MR) is 42.2 cm³/mol. The standard InChI is InChI=1S/C8H9NO5/c10-5-1-4(6(11)12)2-8(14-5)3-9-7(8)13/h4H,1-3H2,(H,9,13)(H,11,12)/t4-,8-/m1/s1. The molecule has 0 aromatic rings. The summed E-state index contributed by atoms with van der Waals surface area (Å²) in [7, 11) is 0. The molecule has 76 valence electrons. The first-order valence-corrected chi connectivity index (χ1v) is 4.26. The van der Waals surface area contributed by atoms with Crippen molar-refractivity contribution in [1.29, 1.82) is 0 Å². The van der Waals surface area contributed by atoms with Crippen molar-refractivity contribution in [2.75, 3.05) is 6.54 Å². The fourth-order valence-electron chi connectivity index (χ4n) is 1.75. The molecule has 0 saturated carbocycles. The molecule has 6 heteroatoms. The third-order valence-corrected chi connectivity index (χ3v) is 2.60. The number of aliphatic carboxylic acids is 1. The summed E-state index contributed by atoms with van der Waals surface area (Å²) in [6, 6.07) is 0. The zero-order valence-corrected chi connectivity index (χ0v) is 7.28. The predicted octanol–water partition coefficient (Wildman–Crippen LogP) is -1.11. The van der Waals surface area contributed by atoms with Crippen LogP contribution in [0, 0.1) is 5.92 Å². The van der Waals surface area contributed by atoms with Crippen LogP contribution >= 0.6 is 0 Å². The van der Waals surface area contributed by atoms with Crippen molar-refractivity contribution in [3.05, 3.63) is 0 Å². The molecule has 6 nitrogen and oxygen atoms in total. The first kappa shape index (κ1) is 8.98. The fraction of sp³-hybridized carbons (Fsp3) is 0.625. The number of nitrogens with one attached hydrogen (secondary N) is 1. The quantitative estimate of drug-likeness (QED) is 0.412. The van der Waals surface area contributed by atoms with Gasteiger partial charge in [0.05, 0.1) is 18.9 Å². The molecule has 0 bridgehead atoms. The molecule has 14 heavy (non-hydrogen) atoms. The van der Waals surface area contributed by atoms with E-state index >= 15 is 0 Å². The van der Waals surface area contributed by atoms with Gasteiger partial charge in [-0.1, -0.05) is 0 Å². The smallest absolute Gasteiger partial charge is 0.307 e. The van der Waals surface area contributed by atoms with Gasteiger partial charge >= 0.3 is 11.9 Å². The Labute approximate surface area is 79.2 Å². The number of β-lactam (4-membered cyclic amide) rings is 1. The van der Waals surface area contributed by atoms with E-state index in [1.165, 1.54) is 0 Å². The lowest BCUT2D eigenvalue weighted by Gasteiger charge is -2.43. The van der Waals surface area contributed by atoms with Crippen LogP contribution in [0.1, 0.15) is 12.8 Å². The number of carbonyl (C=O) groups is 3. The zero-order chi connectivity index (χ0) is 10.3. The van der Waals surface area contributed by atoms with E-state index in [4.69, 9.17) is 9.84 Å². The SMILES string of the molecule is O=C1C[C@@H](C(=O)O)C[C@]2(CNC2=O)O1. The number of carboxylic acid groups (broad SMARTS) is 1. The van der Waals surface area contributed by atoms with Gasteiger partial charge in [0.2, 0.25) is 5.60 Å². The number of ether oxygens (including phenoxy) is 1. The molecule has 2 aliphatic heterocycles. The number of esters is 1. The zero-order valence-electron chi connectivity index (χ0n) is 7.28. The summed E-state index contributed by atoms with van der Waals surface area (Å²) in [6.45, 7) is 0.224. The third kappa shape index (κ3) is 1.14. The summed E-state index contributed by atoms with van der Waals surface area (Å²) in [5.41, 5.74) is -1.20. The number of hydrogen-bond donors (Lipinski definition) is 2. The van der Waals surface area contributed by atoms with Crippen LogP contribution < -0.4 is 5.32 Å². The summed E-state index contributed by atoms with van der Waals surface area (Å²) < 4.78 is 4.89. The molecule has 2 aliphatic rings. The normalized spacial score (nSPS) is 35.9. The molecular weight excluding hydrogens is 190 g/mol. The van der Waals surface area contributed by atoms with Gasteiger partial charge in [-0.15, -0.1) is 0 Å². The highest BCUT2D eigenvalue weighted by Gasteiger charge is 2.55. The molecule has 2 fully saturated rings. The van der Waals surface area contributed by atoms with Crippen LogP contribution in [-0.2, 0) is 19.1 Å². The van der Waals surface area contributed by atoms with Crippen molar-refractivity contribution in [1.82, 2.24) is 5.32 Å². The Morgan fingerprint density at radius 1 is 1.57 bits per heavy atom. The van der Waals surface area contributed by atoms with Crippen LogP contribution in [0.25, 0.3) is 0 Å². The molecule has 0 aromatic heterocycles. The summed E-state index contributed by atoms with van der Waals surface area (Å²) in [5.74, 6) is -2.86. The van der Waals surface area contributed by atoms with Crippen LogP contribution in [0.4, 0.5) is 0 Å². The van der Waals surface area contributed by atoms with Crippen molar-refractivity contribution < 1.29 is 24.2 Å². The molecule has 0 aromatic carbocycles. The Hall–Kier alpha value is -1.59. The average molecular weight is 199 g/mol. The van der Waals surface area contributed by atoms with Crippen LogP contribution in [0.2, 0.25) is 0 Å². The number of hydrogen-bond acceptors (Lipinski definition) is 4. The van der Waals surface area contributed by atoms with Gasteiger partial charge in [-0.2, -0.15) is 0 Å². The molecule has 0 aliphatic carbocycles. The van der Waals surface area contributed by atoms with E-state index in [0.29, 0.717) is 0 Å². The van der Waals surface area contributed by atoms with E-state index < -0.39 is 29.4 Å². The van der Waals surface area contributed by atoms with Gasteiger partial charge in [0.15, 0.2) is 0 Å². The second kappa shape index (κ2) is 2.70. The highest BCUT2D eigenvalue weighted by molar-refractivity contribution is 5.95. The first-order chi connectivity index (χ1) is 6.53. The maximum atomic E-state index is 11.1. The fourth-order valence-corrected chi connectivity index (χ4v) is 1.75. The third-order valence-electron chi connectivity index (χ3n) is 2.60. The second-order valence-electron chi connectivity index (χ2n) is 3.59. The van der Waals surface area contributed by atoms with Gasteiger partial charge in [0.25, 0.3) is 5.91 Å². The van der Waals surface area contributed by atoms with Gasteiger partial charge in [-0.25, -0.2) is 0 Å². The highest BCUT2D eigenvalue weighted by atomic mass is 16.6. The summed E-state index contributed by atoms with van der Waals surface area (Å²) in [6.07, 6.45) is -0.0652. The molecule has 2 N–H and O–H groups in total. The monoisotopic (exact) mass is 199 g/mol. The Kier molecular flexibility index (Phi) is 1.73. The lowest BCUT2D eigenvalue weighted by Crippen LogP contribution is -2.69. The molecular formula is C8H9NO5. The number of amides is 1. The Bertz CT molecular complexity index is 326. The van der Waals surface area contributed by atoms with Crippen molar-refractivity contribution in [2.24, 2.45) is 5.92 Å². The van der Waals surface area contributed by atoms with E-state index in [1.54, 1.807) is 0 Å². The van der Waals surface area contributed by atoms with Crippen molar-refractivity contribution in [3.63, 3.8) is 0 Å². The molecule has 2 saturated heterocycles. The largest absolute Gasteiger partial charge is 0.481 e. The Morgan fingerprint density at radius 3 is 2.71 bits per heavy atom. The maximum absolute atomic E-state index is 11.1.